The molecule has 2 atom stereocenters. The summed E-state index contributed by atoms with van der Waals surface area (Å²) in [6.07, 6.45) is 3.10. The predicted octanol–water partition coefficient (Wildman–Crippen LogP) is 2.33. The molecule has 1 saturated carbocycles. The minimum Gasteiger partial charge on any atom is -0.383 e. The van der Waals surface area contributed by atoms with Crippen molar-refractivity contribution < 1.29 is 4.74 Å². The quantitative estimate of drug-likeness (QED) is 0.745. The third-order valence-corrected chi connectivity index (χ3v) is 3.36. The fourth-order valence-corrected chi connectivity index (χ4v) is 3.22. The Morgan fingerprint density at radius 3 is 2.62 bits per heavy atom. The molecule has 92 valence electrons. The summed E-state index contributed by atoms with van der Waals surface area (Å²) in [4.78, 5) is 0. The Morgan fingerprint density at radius 2 is 2.12 bits per heavy atom. The summed E-state index contributed by atoms with van der Waals surface area (Å²) in [5.74, 6) is 0.610. The molecule has 0 aromatic carbocycles. The van der Waals surface area contributed by atoms with E-state index in [2.05, 4.69) is 32.2 Å². The van der Waals surface area contributed by atoms with Gasteiger partial charge in [0.15, 0.2) is 0 Å². The van der Waals surface area contributed by atoms with Crippen molar-refractivity contribution in [3.63, 3.8) is 0 Å². The van der Waals surface area contributed by atoms with Gasteiger partial charge in [0.25, 0.3) is 0 Å². The van der Waals surface area contributed by atoms with Gasteiger partial charge >= 0.3 is 0 Å². The van der Waals surface area contributed by atoms with E-state index in [1.54, 1.807) is 7.11 Å². The van der Waals surface area contributed by atoms with Gasteiger partial charge in [0.05, 0.1) is 12.7 Å². The molecule has 1 aliphatic carbocycles. The SMILES string of the molecule is COCCNC1(C#N)CC(C)CC(C)(C)C1. The first-order valence-corrected chi connectivity index (χ1v) is 6.08. The van der Waals surface area contributed by atoms with Crippen molar-refractivity contribution in [3.05, 3.63) is 0 Å². The first-order chi connectivity index (χ1) is 7.43. The van der Waals surface area contributed by atoms with Gasteiger partial charge in [-0.1, -0.05) is 20.8 Å². The van der Waals surface area contributed by atoms with Gasteiger partial charge in [-0.2, -0.15) is 5.26 Å². The first kappa shape index (κ1) is 13.5. The van der Waals surface area contributed by atoms with Crippen molar-refractivity contribution >= 4 is 0 Å². The van der Waals surface area contributed by atoms with Gasteiger partial charge < -0.3 is 4.74 Å². The zero-order chi connectivity index (χ0) is 12.2. The minimum atomic E-state index is -0.348. The zero-order valence-corrected chi connectivity index (χ0v) is 11.0. The Balaban J connectivity index is 2.67. The van der Waals surface area contributed by atoms with Gasteiger partial charge in [-0.05, 0) is 30.6 Å². The van der Waals surface area contributed by atoms with E-state index in [4.69, 9.17) is 4.74 Å². The summed E-state index contributed by atoms with van der Waals surface area (Å²) in [5, 5.41) is 12.8. The molecule has 0 spiro atoms. The molecule has 0 aliphatic heterocycles. The second kappa shape index (κ2) is 5.16. The number of methoxy groups -OCH3 is 1. The smallest absolute Gasteiger partial charge is 0.107 e. The molecule has 0 bridgehead atoms. The van der Waals surface area contributed by atoms with Crippen LogP contribution in [-0.4, -0.2) is 25.8 Å². The van der Waals surface area contributed by atoms with Gasteiger partial charge in [-0.3, -0.25) is 5.32 Å². The summed E-state index contributed by atoms with van der Waals surface area (Å²) >= 11 is 0. The summed E-state index contributed by atoms with van der Waals surface area (Å²) in [6, 6.07) is 2.50. The summed E-state index contributed by atoms with van der Waals surface area (Å²) < 4.78 is 5.03. The molecule has 2 unspecified atom stereocenters. The lowest BCUT2D eigenvalue weighted by Crippen LogP contribution is -2.52. The van der Waals surface area contributed by atoms with Crippen LogP contribution >= 0.6 is 0 Å². The Bertz CT molecular complexity index is 270. The van der Waals surface area contributed by atoms with Crippen LogP contribution in [-0.2, 0) is 4.74 Å². The zero-order valence-electron chi connectivity index (χ0n) is 11.0. The van der Waals surface area contributed by atoms with E-state index in [-0.39, 0.29) is 11.0 Å². The van der Waals surface area contributed by atoms with Gasteiger partial charge in [0, 0.05) is 13.7 Å². The van der Waals surface area contributed by atoms with E-state index in [0.717, 1.165) is 19.4 Å². The maximum atomic E-state index is 9.44. The van der Waals surface area contributed by atoms with Crippen LogP contribution < -0.4 is 5.32 Å². The number of hydrogen-bond acceptors (Lipinski definition) is 3. The first-order valence-electron chi connectivity index (χ1n) is 6.08. The number of nitriles is 1. The third-order valence-electron chi connectivity index (χ3n) is 3.36. The van der Waals surface area contributed by atoms with Crippen LogP contribution in [0.2, 0.25) is 0 Å². The van der Waals surface area contributed by atoms with E-state index in [9.17, 15) is 5.26 Å². The molecule has 0 heterocycles. The average Bonchev–Trinajstić information content (AvgIpc) is 2.15. The van der Waals surface area contributed by atoms with Crippen molar-refractivity contribution in [2.75, 3.05) is 20.3 Å². The molecule has 1 aliphatic rings. The maximum Gasteiger partial charge on any atom is 0.107 e. The van der Waals surface area contributed by atoms with Crippen molar-refractivity contribution in [2.24, 2.45) is 11.3 Å². The monoisotopic (exact) mass is 224 g/mol. The molecule has 1 N–H and O–H groups in total. The molecule has 1 fully saturated rings. The van der Waals surface area contributed by atoms with Gasteiger partial charge in [0.2, 0.25) is 0 Å². The van der Waals surface area contributed by atoms with E-state index >= 15 is 0 Å². The van der Waals surface area contributed by atoms with Gasteiger partial charge in [-0.25, -0.2) is 0 Å². The Morgan fingerprint density at radius 1 is 1.44 bits per heavy atom. The van der Waals surface area contributed by atoms with Crippen LogP contribution in [0.4, 0.5) is 0 Å². The number of hydrogen-bond donors (Lipinski definition) is 1. The highest BCUT2D eigenvalue weighted by Crippen LogP contribution is 2.43. The van der Waals surface area contributed by atoms with Crippen molar-refractivity contribution in [1.82, 2.24) is 5.32 Å². The molecule has 0 saturated heterocycles. The highest BCUT2D eigenvalue weighted by Gasteiger charge is 2.42. The van der Waals surface area contributed by atoms with Crippen molar-refractivity contribution in [3.8, 4) is 6.07 Å². The molecule has 0 aromatic rings. The fourth-order valence-electron chi connectivity index (χ4n) is 3.22. The highest BCUT2D eigenvalue weighted by molar-refractivity contribution is 5.12. The lowest BCUT2D eigenvalue weighted by molar-refractivity contribution is 0.106. The molecule has 16 heavy (non-hydrogen) atoms. The minimum absolute atomic E-state index is 0.257. The molecular weight excluding hydrogens is 200 g/mol. The molecule has 1 rings (SSSR count). The van der Waals surface area contributed by atoms with Crippen molar-refractivity contribution in [1.29, 1.82) is 5.26 Å². The van der Waals surface area contributed by atoms with Crippen LogP contribution in [0.1, 0.15) is 40.0 Å². The lowest BCUT2D eigenvalue weighted by atomic mass is 9.65. The number of rotatable bonds is 4. The Kier molecular flexibility index (Phi) is 4.35. The van der Waals surface area contributed by atoms with E-state index in [1.165, 1.54) is 6.42 Å². The van der Waals surface area contributed by atoms with Crippen LogP contribution in [0.25, 0.3) is 0 Å². The number of nitrogens with zero attached hydrogens (tertiary/aromatic N) is 1. The number of nitrogens with one attached hydrogen (secondary N) is 1. The van der Waals surface area contributed by atoms with Gasteiger partial charge in [-0.15, -0.1) is 0 Å². The van der Waals surface area contributed by atoms with Crippen LogP contribution in [0.3, 0.4) is 0 Å². The van der Waals surface area contributed by atoms with Crippen LogP contribution in [0.5, 0.6) is 0 Å². The lowest BCUT2D eigenvalue weighted by Gasteiger charge is -2.44. The molecule has 3 heteroatoms. The van der Waals surface area contributed by atoms with E-state index < -0.39 is 0 Å². The fraction of sp³-hybridized carbons (Fsp3) is 0.923. The predicted molar refractivity (Wildman–Crippen MR) is 65.0 cm³/mol. The third kappa shape index (κ3) is 3.47. The number of ether oxygens (including phenoxy) is 1. The molecular formula is C13H24N2O. The molecule has 0 aromatic heterocycles. The Hall–Kier alpha value is -0.590. The second-order valence-electron chi connectivity index (χ2n) is 5.97. The standard InChI is InChI=1S/C13H24N2O/c1-11-7-12(2,3)9-13(8-11,10-14)15-5-6-16-4/h11,15H,5-9H2,1-4H3. The topological polar surface area (TPSA) is 45.0 Å². The summed E-state index contributed by atoms with van der Waals surface area (Å²) in [5.41, 5.74) is -0.0901. The second-order valence-corrected chi connectivity index (χ2v) is 5.97. The molecule has 3 nitrogen and oxygen atoms in total. The van der Waals surface area contributed by atoms with E-state index in [1.807, 2.05) is 0 Å². The summed E-state index contributed by atoms with van der Waals surface area (Å²) in [7, 11) is 1.69. The van der Waals surface area contributed by atoms with Crippen LogP contribution in [0.15, 0.2) is 0 Å². The largest absolute Gasteiger partial charge is 0.383 e. The van der Waals surface area contributed by atoms with Crippen LogP contribution in [0, 0.1) is 22.7 Å². The Labute approximate surface area is 99.2 Å². The van der Waals surface area contributed by atoms with Crippen molar-refractivity contribution in [2.45, 2.75) is 45.6 Å². The summed E-state index contributed by atoms with van der Waals surface area (Å²) in [6.45, 7) is 8.18. The van der Waals surface area contributed by atoms with E-state index in [0.29, 0.717) is 12.5 Å². The average molecular weight is 224 g/mol. The molecule has 0 radical (unpaired) electrons. The molecule has 0 amide bonds. The highest BCUT2D eigenvalue weighted by atomic mass is 16.5. The normalized spacial score (nSPS) is 33.3. The maximum absolute atomic E-state index is 9.44. The van der Waals surface area contributed by atoms with Gasteiger partial charge in [0.1, 0.15) is 5.54 Å².